The fourth-order valence-electron chi connectivity index (χ4n) is 4.08. The molecule has 164 valence electrons. The molecule has 0 unspecified atom stereocenters. The van der Waals surface area contributed by atoms with Gasteiger partial charge in [0.2, 0.25) is 0 Å². The minimum Gasteiger partial charge on any atom is -0.483 e. The van der Waals surface area contributed by atoms with E-state index in [-0.39, 0.29) is 12.9 Å². The summed E-state index contributed by atoms with van der Waals surface area (Å²) >= 11 is 0. The van der Waals surface area contributed by atoms with Crippen molar-refractivity contribution in [3.8, 4) is 0 Å². The van der Waals surface area contributed by atoms with Gasteiger partial charge in [-0.15, -0.1) is 0 Å². The Bertz CT molecular complexity index is 867. The first-order valence-electron chi connectivity index (χ1n) is 9.92. The van der Waals surface area contributed by atoms with E-state index in [9.17, 15) is 0 Å². The minimum absolute atomic E-state index is 0.250. The Labute approximate surface area is 177 Å². The first kappa shape index (κ1) is 23.6. The summed E-state index contributed by atoms with van der Waals surface area (Å²) in [5.74, 6) is 1.68. The number of likely N-dealkylation sites (N-methyl/N-ethyl adjacent to an activating group) is 1. The number of hydrogen-bond donors (Lipinski definition) is 2. The number of fused-ring (bicyclic) bond motifs is 4. The molecule has 0 aliphatic carbocycles. The van der Waals surface area contributed by atoms with Gasteiger partial charge in [-0.25, -0.2) is 4.98 Å². The lowest BCUT2D eigenvalue weighted by atomic mass is 10.0. The van der Waals surface area contributed by atoms with Crippen LogP contribution in [0.4, 0.5) is 5.82 Å². The van der Waals surface area contributed by atoms with E-state index in [1.165, 1.54) is 22.1 Å². The third-order valence-corrected chi connectivity index (χ3v) is 5.77. The predicted octanol–water partition coefficient (Wildman–Crippen LogP) is 2.33. The molecule has 4 rings (SSSR count). The Morgan fingerprint density at radius 2 is 1.70 bits per heavy atom. The summed E-state index contributed by atoms with van der Waals surface area (Å²) in [6.45, 7) is 10.9. The van der Waals surface area contributed by atoms with E-state index in [4.69, 9.17) is 29.5 Å². The molecule has 2 bridgehead atoms. The molecular formula is C22H31N3O5. The molecule has 1 aromatic heterocycles. The predicted molar refractivity (Wildman–Crippen MR) is 116 cm³/mol. The molecule has 2 fully saturated rings. The van der Waals surface area contributed by atoms with Crippen molar-refractivity contribution in [3.05, 3.63) is 34.9 Å². The average Bonchev–Trinajstić information content (AvgIpc) is 2.94. The van der Waals surface area contributed by atoms with Gasteiger partial charge in [-0.3, -0.25) is 14.5 Å². The fraction of sp³-hybridized carbons (Fsp3) is 0.500. The van der Waals surface area contributed by atoms with Crippen LogP contribution in [0.3, 0.4) is 0 Å². The Kier molecular flexibility index (Phi) is 8.56. The topological polar surface area (TPSA) is 103 Å². The van der Waals surface area contributed by atoms with Crippen molar-refractivity contribution < 1.29 is 24.5 Å². The van der Waals surface area contributed by atoms with Gasteiger partial charge in [0.25, 0.3) is 12.9 Å². The second-order valence-corrected chi connectivity index (χ2v) is 7.81. The van der Waals surface area contributed by atoms with Crippen LogP contribution in [-0.2, 0) is 14.3 Å². The molecule has 1 aromatic carbocycles. The van der Waals surface area contributed by atoms with Crippen molar-refractivity contribution in [2.45, 2.75) is 26.8 Å². The number of pyridine rings is 1. The summed E-state index contributed by atoms with van der Waals surface area (Å²) in [5, 5.41) is 15.1. The highest BCUT2D eigenvalue weighted by Gasteiger charge is 2.32. The van der Waals surface area contributed by atoms with Gasteiger partial charge in [0, 0.05) is 30.9 Å². The van der Waals surface area contributed by atoms with Crippen LogP contribution in [0.5, 0.6) is 0 Å². The maximum absolute atomic E-state index is 8.36. The summed E-state index contributed by atoms with van der Waals surface area (Å²) < 4.78 is 5.86. The van der Waals surface area contributed by atoms with Crippen molar-refractivity contribution in [2.24, 2.45) is 5.92 Å². The normalized spacial score (nSPS) is 20.9. The van der Waals surface area contributed by atoms with E-state index in [1.54, 1.807) is 0 Å². The van der Waals surface area contributed by atoms with Gasteiger partial charge in [-0.05, 0) is 50.6 Å². The van der Waals surface area contributed by atoms with Gasteiger partial charge in [0.1, 0.15) is 5.82 Å². The van der Waals surface area contributed by atoms with E-state index in [2.05, 4.69) is 55.8 Å². The lowest BCUT2D eigenvalue weighted by Crippen LogP contribution is -2.42. The summed E-state index contributed by atoms with van der Waals surface area (Å²) in [6.07, 6.45) is 0. The van der Waals surface area contributed by atoms with Gasteiger partial charge < -0.3 is 19.8 Å². The van der Waals surface area contributed by atoms with E-state index >= 15 is 0 Å². The Morgan fingerprint density at radius 1 is 1.03 bits per heavy atom. The number of ether oxygens (including phenoxy) is 1. The van der Waals surface area contributed by atoms with Gasteiger partial charge >= 0.3 is 0 Å². The van der Waals surface area contributed by atoms with E-state index in [1.807, 2.05) is 0 Å². The highest BCUT2D eigenvalue weighted by molar-refractivity contribution is 5.87. The number of anilines is 1. The zero-order valence-electron chi connectivity index (χ0n) is 18.0. The molecule has 2 aliphatic heterocycles. The van der Waals surface area contributed by atoms with Crippen LogP contribution in [0.2, 0.25) is 0 Å². The van der Waals surface area contributed by atoms with Gasteiger partial charge in [-0.1, -0.05) is 12.1 Å². The monoisotopic (exact) mass is 417 g/mol. The highest BCUT2D eigenvalue weighted by Crippen LogP contribution is 2.29. The molecule has 8 heteroatoms. The smallest absolute Gasteiger partial charge is 0.290 e. The summed E-state index contributed by atoms with van der Waals surface area (Å²) in [7, 11) is 2.22. The molecule has 0 spiro atoms. The van der Waals surface area contributed by atoms with Crippen molar-refractivity contribution >= 4 is 29.7 Å². The first-order chi connectivity index (χ1) is 14.4. The molecule has 0 amide bonds. The third-order valence-electron chi connectivity index (χ3n) is 5.77. The second-order valence-electron chi connectivity index (χ2n) is 7.81. The van der Waals surface area contributed by atoms with Gasteiger partial charge in [-0.2, -0.15) is 0 Å². The fourth-order valence-corrected chi connectivity index (χ4v) is 4.08. The number of carboxylic acid groups (broad SMARTS) is 2. The summed E-state index contributed by atoms with van der Waals surface area (Å²) in [6, 6.07) is 7.13. The molecule has 8 nitrogen and oxygen atoms in total. The van der Waals surface area contributed by atoms with Crippen molar-refractivity contribution in [2.75, 3.05) is 44.8 Å². The first-order valence-corrected chi connectivity index (χ1v) is 9.92. The van der Waals surface area contributed by atoms with Crippen LogP contribution in [-0.4, -0.2) is 79.0 Å². The molecule has 3 heterocycles. The largest absolute Gasteiger partial charge is 0.483 e. The number of aryl methyl sites for hydroxylation is 3. The summed E-state index contributed by atoms with van der Waals surface area (Å²) in [5.41, 5.74) is 5.08. The molecular weight excluding hydrogens is 386 g/mol. The number of rotatable bonds is 1. The van der Waals surface area contributed by atoms with E-state index in [0.717, 1.165) is 44.2 Å². The zero-order valence-corrected chi connectivity index (χ0v) is 18.0. The number of carbonyl (C=O) groups is 2. The molecule has 0 saturated carbocycles. The van der Waals surface area contributed by atoms with Crippen LogP contribution < -0.4 is 4.90 Å². The maximum Gasteiger partial charge on any atom is 0.290 e. The molecule has 0 radical (unpaired) electrons. The SMILES string of the molecule is Cc1ccc2c(C)cc(N3C[C@@H]4COC[C@H](C3)N(C)C4)nc2c1C.O=CO.O=CO. The Hall–Kier alpha value is -2.71. The Morgan fingerprint density at radius 3 is 2.37 bits per heavy atom. The van der Waals surface area contributed by atoms with Crippen molar-refractivity contribution in [1.82, 2.24) is 9.88 Å². The van der Waals surface area contributed by atoms with Gasteiger partial charge in [0.15, 0.2) is 0 Å². The lowest BCUT2D eigenvalue weighted by Gasteiger charge is -2.31. The Balaban J connectivity index is 0.000000480. The summed E-state index contributed by atoms with van der Waals surface area (Å²) in [4.78, 5) is 26.7. The van der Waals surface area contributed by atoms with Crippen LogP contribution in [0.1, 0.15) is 16.7 Å². The molecule has 2 N–H and O–H groups in total. The number of aromatic nitrogens is 1. The molecule has 2 aliphatic rings. The van der Waals surface area contributed by atoms with Crippen LogP contribution in [0, 0.1) is 26.7 Å². The molecule has 30 heavy (non-hydrogen) atoms. The number of nitrogens with zero attached hydrogens (tertiary/aromatic N) is 3. The minimum atomic E-state index is -0.250. The van der Waals surface area contributed by atoms with E-state index in [0.29, 0.717) is 12.0 Å². The number of hydrogen-bond acceptors (Lipinski definition) is 6. The average molecular weight is 418 g/mol. The molecule has 2 atom stereocenters. The third kappa shape index (κ3) is 5.46. The lowest BCUT2D eigenvalue weighted by molar-refractivity contribution is -0.123. The highest BCUT2D eigenvalue weighted by atomic mass is 16.5. The molecule has 2 saturated heterocycles. The maximum atomic E-state index is 8.36. The second kappa shape index (κ2) is 10.9. The zero-order chi connectivity index (χ0) is 22.3. The quantitative estimate of drug-likeness (QED) is 0.682. The van der Waals surface area contributed by atoms with Crippen LogP contribution in [0.25, 0.3) is 10.9 Å². The van der Waals surface area contributed by atoms with Crippen LogP contribution in [0.15, 0.2) is 18.2 Å². The van der Waals surface area contributed by atoms with Gasteiger partial charge in [0.05, 0.1) is 24.8 Å². The standard InChI is InChI=1S/C20H27N3O.2CH2O2/c1-13-5-6-18-14(2)7-19(21-20(18)15(13)3)23-9-16-8-22(4)17(10-23)12-24-11-16;2*2-1-3/h5-7,16-17H,8-12H2,1-4H3;2*1H,(H,2,3)/t16-,17+;;/m1../s1. The van der Waals surface area contributed by atoms with Crippen molar-refractivity contribution in [1.29, 1.82) is 0 Å². The van der Waals surface area contributed by atoms with Crippen LogP contribution >= 0.6 is 0 Å². The van der Waals surface area contributed by atoms with E-state index < -0.39 is 0 Å². The number of benzene rings is 1. The molecule has 2 aromatic rings. The van der Waals surface area contributed by atoms with Crippen molar-refractivity contribution in [3.63, 3.8) is 0 Å².